The van der Waals surface area contributed by atoms with E-state index in [0.717, 1.165) is 22.4 Å². The molecular weight excluding hydrogens is 402 g/mol. The third-order valence-electron chi connectivity index (χ3n) is 5.19. The smallest absolute Gasteiger partial charge is 0.317 e. The summed E-state index contributed by atoms with van der Waals surface area (Å²) >= 11 is 0. The van der Waals surface area contributed by atoms with E-state index in [0.29, 0.717) is 11.1 Å². The lowest BCUT2D eigenvalue weighted by molar-refractivity contribution is -0.119. The number of aliphatic imine (C=N–C) groups is 1. The van der Waals surface area contributed by atoms with Crippen LogP contribution >= 0.6 is 0 Å². The van der Waals surface area contributed by atoms with Crippen LogP contribution in [0.25, 0.3) is 11.5 Å². The second-order valence-electron chi connectivity index (χ2n) is 7.29. The van der Waals surface area contributed by atoms with Gasteiger partial charge in [-0.15, -0.1) is 5.10 Å². The second-order valence-corrected chi connectivity index (χ2v) is 7.29. The summed E-state index contributed by atoms with van der Waals surface area (Å²) in [5, 5.41) is 20.0. The lowest BCUT2D eigenvalue weighted by Gasteiger charge is -2.11. The first-order valence-corrected chi connectivity index (χ1v) is 10.1. The van der Waals surface area contributed by atoms with Crippen LogP contribution in [0.3, 0.4) is 0 Å². The van der Waals surface area contributed by atoms with Gasteiger partial charge in [0.15, 0.2) is 11.9 Å². The van der Waals surface area contributed by atoms with E-state index in [4.69, 9.17) is 14.7 Å². The van der Waals surface area contributed by atoms with Gasteiger partial charge >= 0.3 is 6.01 Å². The van der Waals surface area contributed by atoms with E-state index >= 15 is 0 Å². The van der Waals surface area contributed by atoms with Gasteiger partial charge in [0.25, 0.3) is 0 Å². The molecule has 1 atom stereocenters. The van der Waals surface area contributed by atoms with Crippen molar-refractivity contribution in [2.75, 3.05) is 5.32 Å². The molecule has 0 saturated heterocycles. The number of rotatable bonds is 4. The number of nitriles is 1. The van der Waals surface area contributed by atoms with Gasteiger partial charge in [0, 0.05) is 23.1 Å². The van der Waals surface area contributed by atoms with Gasteiger partial charge < -0.3 is 9.73 Å². The zero-order chi connectivity index (χ0) is 21.9. The second kappa shape index (κ2) is 8.28. The Labute approximate surface area is 184 Å². The number of Topliss-reactive ketones (excluding diaryl/α,β-unsaturated/α-hetero) is 1. The van der Waals surface area contributed by atoms with Gasteiger partial charge in [0.1, 0.15) is 0 Å². The van der Waals surface area contributed by atoms with Gasteiger partial charge in [-0.3, -0.25) is 9.79 Å². The third kappa shape index (κ3) is 3.77. The Morgan fingerprint density at radius 1 is 0.906 bits per heavy atom. The molecule has 7 nitrogen and oxygen atoms in total. The van der Waals surface area contributed by atoms with Crippen LogP contribution in [0.2, 0.25) is 0 Å². The van der Waals surface area contributed by atoms with E-state index in [1.54, 1.807) is 24.3 Å². The minimum Gasteiger partial charge on any atom is -0.403 e. The summed E-state index contributed by atoms with van der Waals surface area (Å²) in [5.74, 6) is 0.190. The summed E-state index contributed by atoms with van der Waals surface area (Å²) in [7, 11) is 0. The monoisotopic (exact) mass is 419 g/mol. The van der Waals surface area contributed by atoms with Crippen molar-refractivity contribution in [2.45, 2.75) is 12.6 Å². The minimum atomic E-state index is -0.869. The van der Waals surface area contributed by atoms with E-state index in [1.165, 1.54) is 0 Å². The Kier molecular flexibility index (Phi) is 5.02. The van der Waals surface area contributed by atoms with Crippen molar-refractivity contribution >= 4 is 17.5 Å². The average Bonchev–Trinajstić information content (AvgIpc) is 3.26. The van der Waals surface area contributed by atoms with Crippen molar-refractivity contribution in [2.24, 2.45) is 4.99 Å². The molecule has 1 aliphatic heterocycles. The Bertz CT molecular complexity index is 1350. The van der Waals surface area contributed by atoms with Gasteiger partial charge in [-0.2, -0.15) is 5.26 Å². The molecular formula is C25H17N5O2. The summed E-state index contributed by atoms with van der Waals surface area (Å²) in [6, 6.07) is 26.5. The highest BCUT2D eigenvalue weighted by Gasteiger charge is 2.27. The molecule has 1 unspecified atom stereocenters. The number of ketones is 1. The van der Waals surface area contributed by atoms with E-state index in [1.807, 2.05) is 54.6 Å². The molecule has 154 valence electrons. The number of hydrogen-bond acceptors (Lipinski definition) is 7. The average molecular weight is 419 g/mol. The predicted molar refractivity (Wildman–Crippen MR) is 119 cm³/mol. The van der Waals surface area contributed by atoms with Crippen LogP contribution in [0.5, 0.6) is 0 Å². The molecule has 0 saturated carbocycles. The highest BCUT2D eigenvalue weighted by atomic mass is 16.4. The van der Waals surface area contributed by atoms with Crippen LogP contribution in [0.4, 0.5) is 6.01 Å². The molecule has 0 amide bonds. The van der Waals surface area contributed by atoms with E-state index in [-0.39, 0.29) is 24.1 Å². The summed E-state index contributed by atoms with van der Waals surface area (Å²) < 4.78 is 5.72. The van der Waals surface area contributed by atoms with Gasteiger partial charge in [-0.1, -0.05) is 59.7 Å². The molecule has 4 aromatic rings. The van der Waals surface area contributed by atoms with Gasteiger partial charge in [-0.05, 0) is 29.8 Å². The standard InChI is InChI=1S/C25H17N5O2/c26-15-16-10-12-18(13-11-16)24-29-30-25(32-24)28-23-21(31)14-19-8-4-5-9-20(19)22(27-23)17-6-2-1-3-7-17/h1-13,23H,14H2,(H,28,30). The molecule has 5 rings (SSSR count). The molecule has 0 aliphatic carbocycles. The molecule has 1 aromatic heterocycles. The molecule has 3 aromatic carbocycles. The van der Waals surface area contributed by atoms with Gasteiger partial charge in [0.05, 0.1) is 17.3 Å². The molecule has 0 spiro atoms. The van der Waals surface area contributed by atoms with Crippen molar-refractivity contribution in [3.8, 4) is 17.5 Å². The van der Waals surface area contributed by atoms with Crippen LogP contribution in [-0.4, -0.2) is 27.9 Å². The number of anilines is 1. The summed E-state index contributed by atoms with van der Waals surface area (Å²) in [6.07, 6.45) is -0.628. The molecule has 1 N–H and O–H groups in total. The fraction of sp³-hybridized carbons (Fsp3) is 0.0800. The van der Waals surface area contributed by atoms with Gasteiger partial charge in [0.2, 0.25) is 5.89 Å². The highest BCUT2D eigenvalue weighted by molar-refractivity contribution is 6.16. The lowest BCUT2D eigenvalue weighted by Crippen LogP contribution is -2.29. The maximum atomic E-state index is 13.0. The minimum absolute atomic E-state index is 0.0958. The fourth-order valence-corrected chi connectivity index (χ4v) is 3.60. The number of nitrogens with one attached hydrogen (secondary N) is 1. The van der Waals surface area contributed by atoms with Crippen molar-refractivity contribution in [1.29, 1.82) is 5.26 Å². The lowest BCUT2D eigenvalue weighted by atomic mass is 9.96. The van der Waals surface area contributed by atoms with Crippen molar-refractivity contribution in [3.63, 3.8) is 0 Å². The fourth-order valence-electron chi connectivity index (χ4n) is 3.60. The molecule has 0 bridgehead atoms. The first-order chi connectivity index (χ1) is 15.7. The van der Waals surface area contributed by atoms with Crippen LogP contribution in [0, 0.1) is 11.3 Å². The quantitative estimate of drug-likeness (QED) is 0.536. The van der Waals surface area contributed by atoms with Crippen LogP contribution in [0.15, 0.2) is 88.3 Å². The zero-order valence-electron chi connectivity index (χ0n) is 16.9. The van der Waals surface area contributed by atoms with E-state index in [9.17, 15) is 4.79 Å². The summed E-state index contributed by atoms with van der Waals surface area (Å²) in [5.41, 5.74) is 4.73. The Balaban J connectivity index is 1.48. The number of fused-ring (bicyclic) bond motifs is 1. The highest BCUT2D eigenvalue weighted by Crippen LogP contribution is 2.24. The number of carbonyl (C=O) groups is 1. The maximum absolute atomic E-state index is 13.0. The largest absolute Gasteiger partial charge is 0.403 e. The zero-order valence-corrected chi connectivity index (χ0v) is 16.9. The number of nitrogens with zero attached hydrogens (tertiary/aromatic N) is 4. The number of aromatic nitrogens is 2. The topological polar surface area (TPSA) is 104 Å². The Morgan fingerprint density at radius 3 is 2.44 bits per heavy atom. The maximum Gasteiger partial charge on any atom is 0.317 e. The number of benzene rings is 3. The molecule has 2 heterocycles. The summed E-state index contributed by atoms with van der Waals surface area (Å²) in [6.45, 7) is 0. The van der Waals surface area contributed by atoms with Crippen molar-refractivity contribution in [1.82, 2.24) is 10.2 Å². The molecule has 7 heteroatoms. The molecule has 1 aliphatic rings. The SMILES string of the molecule is N#Cc1ccc(-c2nnc(NC3N=C(c4ccccc4)c4ccccc4CC3=O)o2)cc1. The van der Waals surface area contributed by atoms with E-state index < -0.39 is 6.17 Å². The van der Waals surface area contributed by atoms with Crippen molar-refractivity contribution in [3.05, 3.63) is 101 Å². The summed E-state index contributed by atoms with van der Waals surface area (Å²) in [4.78, 5) is 17.8. The normalized spacial score (nSPS) is 15.3. The molecule has 32 heavy (non-hydrogen) atoms. The number of carbonyl (C=O) groups excluding carboxylic acids is 1. The van der Waals surface area contributed by atoms with E-state index in [2.05, 4.69) is 21.6 Å². The first kappa shape index (κ1) is 19.4. The predicted octanol–water partition coefficient (Wildman–Crippen LogP) is 4.01. The molecule has 0 radical (unpaired) electrons. The van der Waals surface area contributed by atoms with Crippen molar-refractivity contribution < 1.29 is 9.21 Å². The Morgan fingerprint density at radius 2 is 1.66 bits per heavy atom. The third-order valence-corrected chi connectivity index (χ3v) is 5.19. The van der Waals surface area contributed by atoms with Gasteiger partial charge in [-0.25, -0.2) is 0 Å². The van der Waals surface area contributed by atoms with Crippen LogP contribution in [0.1, 0.15) is 22.3 Å². The van der Waals surface area contributed by atoms with Crippen LogP contribution < -0.4 is 5.32 Å². The molecule has 0 fully saturated rings. The van der Waals surface area contributed by atoms with Crippen LogP contribution in [-0.2, 0) is 11.2 Å². The first-order valence-electron chi connectivity index (χ1n) is 10.1. The Hall–Kier alpha value is -4.57. The number of hydrogen-bond donors (Lipinski definition) is 1.